The number of nitrogens with one attached hydrogen (secondary N) is 1. The van der Waals surface area contributed by atoms with Gasteiger partial charge in [0.05, 0.1) is 0 Å². The van der Waals surface area contributed by atoms with Crippen molar-refractivity contribution in [2.45, 2.75) is 26.3 Å². The van der Waals surface area contributed by atoms with E-state index >= 15 is 0 Å². The lowest BCUT2D eigenvalue weighted by atomic mass is 10.4. The fourth-order valence-corrected chi connectivity index (χ4v) is 1.16. The first-order valence-corrected chi connectivity index (χ1v) is 5.46. The maximum atomic E-state index is 10.3. The molecule has 0 bridgehead atoms. The number of anilines is 1. The van der Waals surface area contributed by atoms with Gasteiger partial charge in [-0.3, -0.25) is 9.59 Å². The zero-order chi connectivity index (χ0) is 12.6. The molecule has 1 atom stereocenters. The van der Waals surface area contributed by atoms with Gasteiger partial charge >= 0.3 is 11.9 Å². The van der Waals surface area contributed by atoms with E-state index in [1.54, 1.807) is 25.4 Å². The van der Waals surface area contributed by atoms with Crippen LogP contribution in [0.25, 0.3) is 0 Å². The van der Waals surface area contributed by atoms with Crippen molar-refractivity contribution in [2.75, 3.05) is 5.32 Å². The van der Waals surface area contributed by atoms with E-state index in [-0.39, 0.29) is 6.42 Å². The molecule has 0 amide bonds. The second-order valence-corrected chi connectivity index (χ2v) is 3.68. The number of carboxylic acids is 2. The molecule has 0 saturated heterocycles. The Hall–Kier alpha value is -1.63. The standard InChI is InChI=1S/C6H8N2O2S.C3H6O2/c1-4(5(9)10)8-6-7-2-3-11-6;1-2-3(4)5/h2-4H,1H3,(H,7,8)(H,9,10);2H2,1H3,(H,4,5)/t4-;/m0./s1. The van der Waals surface area contributed by atoms with Crippen LogP contribution in [0.15, 0.2) is 11.6 Å². The number of hydrogen-bond acceptors (Lipinski definition) is 5. The van der Waals surface area contributed by atoms with Crippen LogP contribution < -0.4 is 5.32 Å². The molecule has 0 aromatic carbocycles. The highest BCUT2D eigenvalue weighted by atomic mass is 32.1. The molecule has 0 fully saturated rings. The minimum absolute atomic E-state index is 0.222. The van der Waals surface area contributed by atoms with Crippen molar-refractivity contribution in [1.82, 2.24) is 4.98 Å². The Morgan fingerprint density at radius 3 is 2.44 bits per heavy atom. The van der Waals surface area contributed by atoms with Gasteiger partial charge in [0.2, 0.25) is 0 Å². The van der Waals surface area contributed by atoms with E-state index in [1.165, 1.54) is 11.3 Å². The lowest BCUT2D eigenvalue weighted by molar-refractivity contribution is -0.138. The number of nitrogens with zero attached hydrogens (tertiary/aromatic N) is 1. The zero-order valence-electron chi connectivity index (χ0n) is 9.01. The molecular formula is C9H14N2O4S. The van der Waals surface area contributed by atoms with Gasteiger partial charge in [-0.05, 0) is 6.92 Å². The smallest absolute Gasteiger partial charge is 0.325 e. The van der Waals surface area contributed by atoms with Crippen molar-refractivity contribution >= 4 is 28.4 Å². The van der Waals surface area contributed by atoms with Crippen LogP contribution in [0.2, 0.25) is 0 Å². The molecule has 0 spiro atoms. The second-order valence-electron chi connectivity index (χ2n) is 2.79. The van der Waals surface area contributed by atoms with Gasteiger partial charge in [0, 0.05) is 18.0 Å². The minimum Gasteiger partial charge on any atom is -0.481 e. The molecule has 0 radical (unpaired) electrons. The summed E-state index contributed by atoms with van der Waals surface area (Å²) in [5.41, 5.74) is 0. The average molecular weight is 246 g/mol. The van der Waals surface area contributed by atoms with E-state index < -0.39 is 18.0 Å². The maximum Gasteiger partial charge on any atom is 0.325 e. The van der Waals surface area contributed by atoms with Crippen LogP contribution in [0, 0.1) is 0 Å². The summed E-state index contributed by atoms with van der Waals surface area (Å²) < 4.78 is 0. The van der Waals surface area contributed by atoms with Crippen LogP contribution >= 0.6 is 11.3 Å². The highest BCUT2D eigenvalue weighted by molar-refractivity contribution is 7.13. The monoisotopic (exact) mass is 246 g/mol. The second kappa shape index (κ2) is 7.63. The molecule has 0 aliphatic carbocycles. The predicted octanol–water partition coefficient (Wildman–Crippen LogP) is 1.51. The number of carbonyl (C=O) groups is 2. The zero-order valence-corrected chi connectivity index (χ0v) is 9.82. The van der Waals surface area contributed by atoms with E-state index in [4.69, 9.17) is 10.2 Å². The third kappa shape index (κ3) is 6.77. The van der Waals surface area contributed by atoms with Crippen LogP contribution in [0.4, 0.5) is 5.13 Å². The van der Waals surface area contributed by atoms with E-state index in [1.807, 2.05) is 0 Å². The molecule has 0 saturated carbocycles. The van der Waals surface area contributed by atoms with Crippen LogP contribution in [-0.4, -0.2) is 33.2 Å². The van der Waals surface area contributed by atoms with Crippen LogP contribution in [-0.2, 0) is 9.59 Å². The summed E-state index contributed by atoms with van der Waals surface area (Å²) in [5.74, 6) is -1.62. The Morgan fingerprint density at radius 1 is 1.56 bits per heavy atom. The van der Waals surface area contributed by atoms with Gasteiger partial charge in [-0.25, -0.2) is 4.98 Å². The van der Waals surface area contributed by atoms with Crippen molar-refractivity contribution in [3.05, 3.63) is 11.6 Å². The third-order valence-corrected chi connectivity index (χ3v) is 2.15. The van der Waals surface area contributed by atoms with Crippen molar-refractivity contribution in [2.24, 2.45) is 0 Å². The van der Waals surface area contributed by atoms with Crippen molar-refractivity contribution in [3.8, 4) is 0 Å². The first-order chi connectivity index (χ1) is 7.47. The summed E-state index contributed by atoms with van der Waals surface area (Å²) in [6.07, 6.45) is 1.85. The predicted molar refractivity (Wildman–Crippen MR) is 60.8 cm³/mol. The quantitative estimate of drug-likeness (QED) is 0.744. The van der Waals surface area contributed by atoms with Crippen LogP contribution in [0.3, 0.4) is 0 Å². The molecular weight excluding hydrogens is 232 g/mol. The topological polar surface area (TPSA) is 99.5 Å². The summed E-state index contributed by atoms with van der Waals surface area (Å²) in [6.45, 7) is 3.17. The molecule has 6 nitrogen and oxygen atoms in total. The average Bonchev–Trinajstić information content (AvgIpc) is 2.71. The van der Waals surface area contributed by atoms with Crippen LogP contribution in [0.5, 0.6) is 0 Å². The Labute approximate surface area is 96.9 Å². The van der Waals surface area contributed by atoms with Crippen molar-refractivity contribution in [3.63, 3.8) is 0 Å². The highest BCUT2D eigenvalue weighted by Gasteiger charge is 2.10. The molecule has 0 unspecified atom stereocenters. The van der Waals surface area contributed by atoms with E-state index in [2.05, 4.69) is 10.3 Å². The number of rotatable bonds is 4. The molecule has 90 valence electrons. The first-order valence-electron chi connectivity index (χ1n) is 4.58. The molecule has 1 rings (SSSR count). The van der Waals surface area contributed by atoms with Gasteiger partial charge in [-0.2, -0.15) is 0 Å². The molecule has 1 aromatic rings. The summed E-state index contributed by atoms with van der Waals surface area (Å²) in [4.78, 5) is 23.6. The SMILES string of the molecule is CCC(=O)O.C[C@H](Nc1nccs1)C(=O)O. The fraction of sp³-hybridized carbons (Fsp3) is 0.444. The molecule has 3 N–H and O–H groups in total. The van der Waals surface area contributed by atoms with Gasteiger partial charge in [0.25, 0.3) is 0 Å². The van der Waals surface area contributed by atoms with Gasteiger partial charge in [-0.15, -0.1) is 11.3 Å². The van der Waals surface area contributed by atoms with E-state index in [9.17, 15) is 9.59 Å². The van der Waals surface area contributed by atoms with Gasteiger partial charge in [0.15, 0.2) is 5.13 Å². The van der Waals surface area contributed by atoms with Crippen molar-refractivity contribution in [1.29, 1.82) is 0 Å². The Bertz CT molecular complexity index is 326. The lowest BCUT2D eigenvalue weighted by Crippen LogP contribution is -2.25. The molecule has 0 aliphatic heterocycles. The molecule has 7 heteroatoms. The third-order valence-electron chi connectivity index (χ3n) is 1.45. The Morgan fingerprint density at radius 2 is 2.12 bits per heavy atom. The minimum atomic E-state index is -0.875. The molecule has 16 heavy (non-hydrogen) atoms. The lowest BCUT2D eigenvalue weighted by Gasteiger charge is -2.05. The number of carboxylic acid groups (broad SMARTS) is 2. The summed E-state index contributed by atoms with van der Waals surface area (Å²) in [6, 6.07) is -0.582. The normalized spacial score (nSPS) is 10.9. The fourth-order valence-electron chi connectivity index (χ4n) is 0.542. The van der Waals surface area contributed by atoms with E-state index in [0.29, 0.717) is 5.13 Å². The number of aliphatic carboxylic acids is 2. The van der Waals surface area contributed by atoms with Gasteiger partial charge in [0.1, 0.15) is 6.04 Å². The number of thiazole rings is 1. The summed E-state index contributed by atoms with van der Waals surface area (Å²) in [5, 5.41) is 21.4. The largest absolute Gasteiger partial charge is 0.481 e. The highest BCUT2D eigenvalue weighted by Crippen LogP contribution is 2.11. The maximum absolute atomic E-state index is 10.3. The molecule has 1 heterocycles. The van der Waals surface area contributed by atoms with Crippen LogP contribution in [0.1, 0.15) is 20.3 Å². The molecule has 1 aromatic heterocycles. The van der Waals surface area contributed by atoms with Crippen molar-refractivity contribution < 1.29 is 19.8 Å². The number of hydrogen-bond donors (Lipinski definition) is 3. The van der Waals surface area contributed by atoms with Gasteiger partial charge in [-0.1, -0.05) is 6.92 Å². The summed E-state index contributed by atoms with van der Waals surface area (Å²) >= 11 is 1.38. The van der Waals surface area contributed by atoms with E-state index in [0.717, 1.165) is 0 Å². The number of aromatic nitrogens is 1. The summed E-state index contributed by atoms with van der Waals surface area (Å²) in [7, 11) is 0. The Kier molecular flexibility index (Phi) is 6.86. The Balaban J connectivity index is 0.000000385. The molecule has 0 aliphatic rings. The first kappa shape index (κ1) is 14.4. The van der Waals surface area contributed by atoms with Gasteiger partial charge < -0.3 is 15.5 Å².